The fraction of sp³-hybridized carbons (Fsp3) is 0.0833. The topological polar surface area (TPSA) is 38.9 Å². The van der Waals surface area contributed by atoms with Crippen LogP contribution in [-0.2, 0) is 0 Å². The van der Waals surface area contributed by atoms with Crippen molar-refractivity contribution in [2.75, 3.05) is 0 Å². The molecule has 2 N–H and O–H groups in total. The van der Waals surface area contributed by atoms with Crippen LogP contribution in [0.5, 0.6) is 0 Å². The second-order valence-corrected chi connectivity index (χ2v) is 4.44. The van der Waals surface area contributed by atoms with Crippen LogP contribution >= 0.6 is 15.9 Å². The summed E-state index contributed by atoms with van der Waals surface area (Å²) >= 11 is 3.24. The number of nitrogens with two attached hydrogens (primary N) is 1. The van der Waals surface area contributed by atoms with Crippen molar-refractivity contribution in [3.8, 4) is 0 Å². The van der Waals surface area contributed by atoms with E-state index in [0.717, 1.165) is 10.5 Å². The van der Waals surface area contributed by atoms with Crippen molar-refractivity contribution in [3.63, 3.8) is 0 Å². The molecule has 0 amide bonds. The average molecular weight is 299 g/mol. The Hall–Kier alpha value is -1.33. The molecule has 88 valence electrons. The summed E-state index contributed by atoms with van der Waals surface area (Å²) < 4.78 is 27.4. The molecular weight excluding hydrogens is 290 g/mol. The van der Waals surface area contributed by atoms with Crippen LogP contribution < -0.4 is 5.73 Å². The first-order chi connectivity index (χ1) is 8.09. The zero-order valence-electron chi connectivity index (χ0n) is 8.70. The second kappa shape index (κ2) is 4.89. The van der Waals surface area contributed by atoms with Crippen molar-refractivity contribution >= 4 is 15.9 Å². The molecule has 0 spiro atoms. The van der Waals surface area contributed by atoms with Gasteiger partial charge in [0, 0.05) is 16.2 Å². The monoisotopic (exact) mass is 298 g/mol. The molecule has 1 atom stereocenters. The van der Waals surface area contributed by atoms with Gasteiger partial charge < -0.3 is 5.73 Å². The minimum atomic E-state index is -0.926. The molecule has 0 saturated heterocycles. The van der Waals surface area contributed by atoms with Gasteiger partial charge in [-0.15, -0.1) is 0 Å². The molecule has 0 aliphatic rings. The molecule has 0 saturated carbocycles. The molecule has 1 aromatic heterocycles. The Morgan fingerprint density at radius 2 is 1.94 bits per heavy atom. The van der Waals surface area contributed by atoms with Crippen LogP contribution in [0.2, 0.25) is 0 Å². The van der Waals surface area contributed by atoms with Gasteiger partial charge in [-0.3, -0.25) is 4.98 Å². The highest BCUT2D eigenvalue weighted by Gasteiger charge is 2.17. The quantitative estimate of drug-likeness (QED) is 0.925. The molecule has 0 aliphatic heterocycles. The lowest BCUT2D eigenvalue weighted by atomic mass is 10.0. The molecule has 0 bridgehead atoms. The van der Waals surface area contributed by atoms with Gasteiger partial charge in [0.15, 0.2) is 11.6 Å². The van der Waals surface area contributed by atoms with E-state index in [1.165, 1.54) is 12.1 Å². The van der Waals surface area contributed by atoms with Gasteiger partial charge in [-0.25, -0.2) is 8.78 Å². The van der Waals surface area contributed by atoms with E-state index in [0.29, 0.717) is 5.69 Å². The largest absolute Gasteiger partial charge is 0.319 e. The van der Waals surface area contributed by atoms with E-state index in [9.17, 15) is 8.78 Å². The lowest BCUT2D eigenvalue weighted by molar-refractivity contribution is 0.493. The van der Waals surface area contributed by atoms with Crippen molar-refractivity contribution in [2.45, 2.75) is 6.04 Å². The van der Waals surface area contributed by atoms with E-state index in [1.54, 1.807) is 18.3 Å². The van der Waals surface area contributed by atoms with Crippen LogP contribution in [-0.4, -0.2) is 4.98 Å². The minimum Gasteiger partial charge on any atom is -0.319 e. The van der Waals surface area contributed by atoms with Crippen molar-refractivity contribution in [1.29, 1.82) is 0 Å². The Morgan fingerprint density at radius 1 is 1.18 bits per heavy atom. The lowest BCUT2D eigenvalue weighted by Crippen LogP contribution is -2.15. The fourth-order valence-electron chi connectivity index (χ4n) is 1.49. The van der Waals surface area contributed by atoms with Crippen LogP contribution in [0.1, 0.15) is 17.3 Å². The van der Waals surface area contributed by atoms with Gasteiger partial charge >= 0.3 is 0 Å². The van der Waals surface area contributed by atoms with Crippen LogP contribution in [0.15, 0.2) is 41.0 Å². The second-order valence-electron chi connectivity index (χ2n) is 3.52. The number of benzene rings is 1. The maximum Gasteiger partial charge on any atom is 0.163 e. The summed E-state index contributed by atoms with van der Waals surface area (Å²) in [5.74, 6) is -1.83. The van der Waals surface area contributed by atoms with E-state index < -0.39 is 17.7 Å². The highest BCUT2D eigenvalue weighted by atomic mass is 79.9. The van der Waals surface area contributed by atoms with Crippen molar-refractivity contribution in [3.05, 3.63) is 63.9 Å². The Morgan fingerprint density at radius 3 is 2.59 bits per heavy atom. The van der Waals surface area contributed by atoms with Crippen LogP contribution in [0.3, 0.4) is 0 Å². The molecule has 2 aromatic rings. The molecule has 1 heterocycles. The van der Waals surface area contributed by atoms with Crippen LogP contribution in [0, 0.1) is 11.6 Å². The molecule has 0 radical (unpaired) electrons. The molecule has 0 fully saturated rings. The molecule has 5 heteroatoms. The molecule has 2 rings (SSSR count). The number of rotatable bonds is 2. The third-order valence-electron chi connectivity index (χ3n) is 2.39. The first-order valence-electron chi connectivity index (χ1n) is 4.90. The van der Waals surface area contributed by atoms with Gasteiger partial charge in [0.2, 0.25) is 0 Å². The molecule has 17 heavy (non-hydrogen) atoms. The maximum atomic E-state index is 13.5. The molecular formula is C12H9BrF2N2. The predicted molar refractivity (Wildman–Crippen MR) is 64.3 cm³/mol. The van der Waals surface area contributed by atoms with Gasteiger partial charge in [-0.2, -0.15) is 0 Å². The number of hydrogen-bond acceptors (Lipinski definition) is 2. The third kappa shape index (κ3) is 2.50. The zero-order valence-corrected chi connectivity index (χ0v) is 10.3. The number of halogens is 3. The van der Waals surface area contributed by atoms with Gasteiger partial charge in [0.25, 0.3) is 0 Å². The first kappa shape index (κ1) is 12.1. The van der Waals surface area contributed by atoms with E-state index in [4.69, 9.17) is 5.73 Å². The van der Waals surface area contributed by atoms with Crippen LogP contribution in [0.25, 0.3) is 0 Å². The van der Waals surface area contributed by atoms with E-state index in [-0.39, 0.29) is 5.56 Å². The number of pyridine rings is 1. The van der Waals surface area contributed by atoms with Crippen molar-refractivity contribution < 1.29 is 8.78 Å². The SMILES string of the molecule is NC(c1ccc(Br)cn1)c1cccc(F)c1F. The number of aromatic nitrogens is 1. The fourth-order valence-corrected chi connectivity index (χ4v) is 1.73. The van der Waals surface area contributed by atoms with Crippen LogP contribution in [0.4, 0.5) is 8.78 Å². The van der Waals surface area contributed by atoms with E-state index in [2.05, 4.69) is 20.9 Å². The normalized spacial score (nSPS) is 12.5. The summed E-state index contributed by atoms with van der Waals surface area (Å²) in [6, 6.07) is 6.57. The lowest BCUT2D eigenvalue weighted by Gasteiger charge is -2.12. The molecule has 2 nitrogen and oxygen atoms in total. The summed E-state index contributed by atoms with van der Waals surface area (Å²) in [6.45, 7) is 0. The third-order valence-corrected chi connectivity index (χ3v) is 2.85. The Labute approximate surface area is 106 Å². The molecule has 1 aromatic carbocycles. The van der Waals surface area contributed by atoms with Gasteiger partial charge in [-0.05, 0) is 34.1 Å². The van der Waals surface area contributed by atoms with Gasteiger partial charge in [0.1, 0.15) is 0 Å². The minimum absolute atomic E-state index is 0.0971. The Kier molecular flexibility index (Phi) is 3.49. The highest BCUT2D eigenvalue weighted by Crippen LogP contribution is 2.23. The average Bonchev–Trinajstić information content (AvgIpc) is 2.33. The van der Waals surface area contributed by atoms with E-state index >= 15 is 0 Å². The summed E-state index contributed by atoms with van der Waals surface area (Å²) in [7, 11) is 0. The molecule has 0 aliphatic carbocycles. The summed E-state index contributed by atoms with van der Waals surface area (Å²) in [4.78, 5) is 4.06. The Bertz CT molecular complexity index is 529. The maximum absolute atomic E-state index is 13.5. The predicted octanol–water partition coefficient (Wildman–Crippen LogP) is 3.17. The molecule has 1 unspecified atom stereocenters. The standard InChI is InChI=1S/C12H9BrF2N2/c13-7-4-5-10(17-6-7)12(16)8-2-1-3-9(14)11(8)15/h1-6,12H,16H2. The zero-order chi connectivity index (χ0) is 12.4. The summed E-state index contributed by atoms with van der Waals surface area (Å²) in [6.07, 6.45) is 1.56. The van der Waals surface area contributed by atoms with Crippen molar-refractivity contribution in [2.24, 2.45) is 5.73 Å². The summed E-state index contributed by atoms with van der Waals surface area (Å²) in [5, 5.41) is 0. The highest BCUT2D eigenvalue weighted by molar-refractivity contribution is 9.10. The van der Waals surface area contributed by atoms with E-state index in [1.807, 2.05) is 0 Å². The summed E-state index contributed by atoms with van der Waals surface area (Å²) in [5.41, 5.74) is 6.43. The Balaban J connectivity index is 2.40. The number of nitrogens with zero attached hydrogens (tertiary/aromatic N) is 1. The smallest absolute Gasteiger partial charge is 0.163 e. The first-order valence-corrected chi connectivity index (χ1v) is 5.70. The van der Waals surface area contributed by atoms with Gasteiger partial charge in [0.05, 0.1) is 11.7 Å². The van der Waals surface area contributed by atoms with Gasteiger partial charge in [-0.1, -0.05) is 12.1 Å². The van der Waals surface area contributed by atoms with Crippen molar-refractivity contribution in [1.82, 2.24) is 4.98 Å². The number of hydrogen-bond donors (Lipinski definition) is 1.